The molecular weight excluding hydrogens is 442 g/mol. The van der Waals surface area contributed by atoms with Crippen molar-refractivity contribution in [3.05, 3.63) is 48.6 Å². The minimum Gasteiger partial charge on any atom is -1.00 e. The Labute approximate surface area is 153 Å². The molecule has 19 heavy (non-hydrogen) atoms. The first kappa shape index (κ1) is 24.7. The molecule has 3 aliphatic rings. The highest BCUT2D eigenvalue weighted by Gasteiger charge is 2.35. The summed E-state index contributed by atoms with van der Waals surface area (Å²) < 4.78 is 11.8. The highest BCUT2D eigenvalue weighted by Crippen LogP contribution is 2.27. The fourth-order valence-corrected chi connectivity index (χ4v) is 1.99. The number of halogens is 5. The SMILES string of the molecule is C1=CC2OC3C=CC=CC3OC2C=C1.[Br-].[Br-].[Cl-].[Cl-].[Cl-]. The van der Waals surface area contributed by atoms with E-state index in [9.17, 15) is 0 Å². The van der Waals surface area contributed by atoms with E-state index in [1.54, 1.807) is 0 Å². The molecule has 2 aliphatic carbocycles. The smallest absolute Gasteiger partial charge is 0.107 e. The van der Waals surface area contributed by atoms with Crippen LogP contribution in [0.1, 0.15) is 0 Å². The van der Waals surface area contributed by atoms with Gasteiger partial charge in [0.15, 0.2) is 0 Å². The van der Waals surface area contributed by atoms with Gasteiger partial charge in [-0.05, 0) is 0 Å². The third kappa shape index (κ3) is 5.54. The maximum absolute atomic E-state index is 5.89. The molecule has 0 aromatic rings. The van der Waals surface area contributed by atoms with Gasteiger partial charge in [-0.1, -0.05) is 48.6 Å². The topological polar surface area (TPSA) is 18.5 Å². The second-order valence-electron chi connectivity index (χ2n) is 3.67. The molecule has 0 aromatic heterocycles. The van der Waals surface area contributed by atoms with Gasteiger partial charge < -0.3 is 80.7 Å². The molecule has 1 heterocycles. The van der Waals surface area contributed by atoms with Crippen LogP contribution in [0.15, 0.2) is 48.6 Å². The van der Waals surface area contributed by atoms with E-state index in [4.69, 9.17) is 9.47 Å². The van der Waals surface area contributed by atoms with Gasteiger partial charge in [0, 0.05) is 0 Å². The maximum atomic E-state index is 5.89. The predicted molar refractivity (Wildman–Crippen MR) is 53.9 cm³/mol. The molecule has 0 N–H and O–H groups in total. The van der Waals surface area contributed by atoms with Gasteiger partial charge in [-0.3, -0.25) is 0 Å². The van der Waals surface area contributed by atoms with Gasteiger partial charge in [0.2, 0.25) is 0 Å². The van der Waals surface area contributed by atoms with Gasteiger partial charge in [0.25, 0.3) is 0 Å². The third-order valence-electron chi connectivity index (χ3n) is 2.70. The molecule has 112 valence electrons. The summed E-state index contributed by atoms with van der Waals surface area (Å²) >= 11 is 0. The molecule has 7 heteroatoms. The van der Waals surface area contributed by atoms with Crippen molar-refractivity contribution < 1.29 is 80.7 Å². The van der Waals surface area contributed by atoms with Gasteiger partial charge in [-0.15, -0.1) is 0 Å². The van der Waals surface area contributed by atoms with Crippen LogP contribution in [0, 0.1) is 0 Å². The summed E-state index contributed by atoms with van der Waals surface area (Å²) in [6.45, 7) is 0. The zero-order valence-corrected chi connectivity index (χ0v) is 15.1. The molecule has 0 radical (unpaired) electrons. The lowest BCUT2D eigenvalue weighted by Gasteiger charge is -2.39. The Hall–Kier alpha value is 0.710. The number of ether oxygens (including phenoxy) is 2. The number of hydrogen-bond acceptors (Lipinski definition) is 2. The highest BCUT2D eigenvalue weighted by molar-refractivity contribution is 5.23. The number of rotatable bonds is 0. The fourth-order valence-electron chi connectivity index (χ4n) is 1.99. The van der Waals surface area contributed by atoms with E-state index >= 15 is 0 Å². The molecule has 2 nitrogen and oxygen atoms in total. The molecule has 1 fully saturated rings. The van der Waals surface area contributed by atoms with Crippen molar-refractivity contribution in [2.24, 2.45) is 0 Å². The van der Waals surface area contributed by atoms with E-state index in [2.05, 4.69) is 0 Å². The van der Waals surface area contributed by atoms with Crippen LogP contribution >= 0.6 is 0 Å². The number of hydrogen-bond donors (Lipinski definition) is 0. The second-order valence-corrected chi connectivity index (χ2v) is 3.67. The predicted octanol–water partition coefficient (Wildman–Crippen LogP) is -13.2. The van der Waals surface area contributed by atoms with Crippen LogP contribution in [-0.2, 0) is 9.47 Å². The van der Waals surface area contributed by atoms with Crippen molar-refractivity contribution in [3.8, 4) is 0 Å². The standard InChI is InChI=1S/C12H12O2.2BrH.3ClH/c1-2-6-10-9(5-1)13-11-7-3-4-8-12(11)14-10;;;;;/h1-12H;5*1H/p-5. The van der Waals surface area contributed by atoms with Gasteiger partial charge >= 0.3 is 0 Å². The Kier molecular flexibility index (Phi) is 14.8. The average Bonchev–Trinajstić information content (AvgIpc) is 2.26. The lowest BCUT2D eigenvalue weighted by molar-refractivity contribution is -0.160. The molecule has 1 aliphatic heterocycles. The second kappa shape index (κ2) is 11.4. The van der Waals surface area contributed by atoms with E-state index in [0.717, 1.165) is 0 Å². The lowest BCUT2D eigenvalue weighted by Crippen LogP contribution is -3.00. The third-order valence-corrected chi connectivity index (χ3v) is 2.70. The van der Waals surface area contributed by atoms with E-state index in [-0.39, 0.29) is 95.6 Å². The van der Waals surface area contributed by atoms with Crippen LogP contribution in [0.3, 0.4) is 0 Å². The zero-order chi connectivity index (χ0) is 9.38. The van der Waals surface area contributed by atoms with Crippen molar-refractivity contribution in [1.82, 2.24) is 0 Å². The summed E-state index contributed by atoms with van der Waals surface area (Å²) in [4.78, 5) is 0. The summed E-state index contributed by atoms with van der Waals surface area (Å²) in [7, 11) is 0. The molecule has 0 saturated carbocycles. The minimum atomic E-state index is 0. The molecule has 1 saturated heterocycles. The first-order valence-electron chi connectivity index (χ1n) is 4.94. The van der Waals surface area contributed by atoms with Gasteiger partial charge in [0.05, 0.1) is 0 Å². The fraction of sp³-hybridized carbons (Fsp3) is 0.333. The number of allylic oxidation sites excluding steroid dienone is 4. The quantitative estimate of drug-likeness (QED) is 0.362. The van der Waals surface area contributed by atoms with Crippen molar-refractivity contribution in [2.75, 3.05) is 0 Å². The Bertz CT molecular complexity index is 293. The van der Waals surface area contributed by atoms with Crippen LogP contribution in [0.25, 0.3) is 0 Å². The monoisotopic (exact) mass is 451 g/mol. The molecule has 0 bridgehead atoms. The van der Waals surface area contributed by atoms with Crippen molar-refractivity contribution in [1.29, 1.82) is 0 Å². The average molecular weight is 454 g/mol. The molecular formula is C12H12Br2Cl3O2-5. The van der Waals surface area contributed by atoms with Crippen LogP contribution in [-0.4, -0.2) is 24.4 Å². The van der Waals surface area contributed by atoms with Crippen molar-refractivity contribution in [3.63, 3.8) is 0 Å². The number of fused-ring (bicyclic) bond motifs is 2. The van der Waals surface area contributed by atoms with Gasteiger partial charge in [-0.25, -0.2) is 0 Å². The molecule has 0 spiro atoms. The Morgan fingerprint density at radius 2 is 0.684 bits per heavy atom. The largest absolute Gasteiger partial charge is 1.00 e. The molecule has 3 rings (SSSR count). The van der Waals surface area contributed by atoms with Crippen molar-refractivity contribution >= 4 is 0 Å². The Morgan fingerprint density at radius 1 is 0.474 bits per heavy atom. The van der Waals surface area contributed by atoms with Gasteiger partial charge in [-0.2, -0.15) is 0 Å². The Balaban J connectivity index is -0.000000512. The van der Waals surface area contributed by atoms with E-state index in [1.165, 1.54) is 0 Å². The summed E-state index contributed by atoms with van der Waals surface area (Å²) in [5, 5.41) is 0. The molecule has 4 atom stereocenters. The van der Waals surface area contributed by atoms with E-state index < -0.39 is 0 Å². The summed E-state index contributed by atoms with van der Waals surface area (Å²) in [6, 6.07) is 0. The van der Waals surface area contributed by atoms with Crippen LogP contribution in [0.4, 0.5) is 0 Å². The van der Waals surface area contributed by atoms with Gasteiger partial charge in [0.1, 0.15) is 24.4 Å². The minimum absolute atomic E-state index is 0. The maximum Gasteiger partial charge on any atom is 0.107 e. The molecule has 0 aromatic carbocycles. The lowest BCUT2D eigenvalue weighted by atomic mass is 10.0. The zero-order valence-electron chi connectivity index (χ0n) is 9.63. The van der Waals surface area contributed by atoms with E-state index in [0.29, 0.717) is 0 Å². The van der Waals surface area contributed by atoms with E-state index in [1.807, 2.05) is 48.6 Å². The first-order valence-corrected chi connectivity index (χ1v) is 4.94. The summed E-state index contributed by atoms with van der Waals surface area (Å²) in [6.07, 6.45) is 16.5. The highest BCUT2D eigenvalue weighted by atomic mass is 79.9. The summed E-state index contributed by atoms with van der Waals surface area (Å²) in [5.41, 5.74) is 0. The molecule has 0 amide bonds. The van der Waals surface area contributed by atoms with Crippen LogP contribution in [0.2, 0.25) is 0 Å². The van der Waals surface area contributed by atoms with Crippen LogP contribution in [0.5, 0.6) is 0 Å². The Morgan fingerprint density at radius 3 is 0.895 bits per heavy atom. The van der Waals surface area contributed by atoms with Crippen LogP contribution < -0.4 is 71.2 Å². The van der Waals surface area contributed by atoms with Crippen molar-refractivity contribution in [2.45, 2.75) is 24.4 Å². The normalized spacial score (nSPS) is 32.0. The molecule has 4 unspecified atom stereocenters. The summed E-state index contributed by atoms with van der Waals surface area (Å²) in [5.74, 6) is 0. The first-order chi connectivity index (χ1) is 6.93.